The molecule has 3 N–H and O–H groups in total. The van der Waals surface area contributed by atoms with Crippen LogP contribution in [0.4, 0.5) is 0 Å². The summed E-state index contributed by atoms with van der Waals surface area (Å²) in [5.74, 6) is -1.18. The summed E-state index contributed by atoms with van der Waals surface area (Å²) in [7, 11) is -5.11. The van der Waals surface area contributed by atoms with Gasteiger partial charge in [0.1, 0.15) is 16.5 Å². The summed E-state index contributed by atoms with van der Waals surface area (Å²) in [6, 6.07) is 12.0. The van der Waals surface area contributed by atoms with Crippen LogP contribution in [0.25, 0.3) is 0 Å². The average molecular weight is 494 g/mol. The maximum absolute atomic E-state index is 12.9. The highest BCUT2D eigenvalue weighted by Crippen LogP contribution is 2.53. The Morgan fingerprint density at radius 2 is 1.38 bits per heavy atom. The van der Waals surface area contributed by atoms with E-state index in [2.05, 4.69) is 0 Å². The van der Waals surface area contributed by atoms with Gasteiger partial charge in [-0.25, -0.2) is 0 Å². The highest BCUT2D eigenvalue weighted by molar-refractivity contribution is 7.87. The monoisotopic (exact) mass is 492 g/mol. The second-order valence-electron chi connectivity index (χ2n) is 6.06. The van der Waals surface area contributed by atoms with Gasteiger partial charge >= 0.3 is 0 Å². The highest BCUT2D eigenvalue weighted by atomic mass is 35.5. The second-order valence-corrected chi connectivity index (χ2v) is 9.22. The van der Waals surface area contributed by atoms with Gasteiger partial charge in [-0.05, 0) is 29.8 Å². The summed E-state index contributed by atoms with van der Waals surface area (Å²) in [5, 5.41) is 20.7. The van der Waals surface area contributed by atoms with Crippen LogP contribution in [-0.4, -0.2) is 23.2 Å². The van der Waals surface area contributed by atoms with Gasteiger partial charge in [0.05, 0.1) is 10.0 Å². The number of rotatable bonds is 4. The van der Waals surface area contributed by atoms with Gasteiger partial charge in [-0.15, -0.1) is 0 Å². The first-order valence-corrected chi connectivity index (χ1v) is 10.9. The van der Waals surface area contributed by atoms with Gasteiger partial charge < -0.3 is 10.2 Å². The number of aromatic hydroxyl groups is 2. The fraction of sp³-hybridized carbons (Fsp3) is 0.0526. The van der Waals surface area contributed by atoms with Crippen molar-refractivity contribution in [1.82, 2.24) is 0 Å². The molecule has 10 heteroatoms. The Hall–Kier alpha value is -1.67. The molecule has 5 nitrogen and oxygen atoms in total. The van der Waals surface area contributed by atoms with Crippen molar-refractivity contribution in [2.45, 2.75) is 4.75 Å². The molecule has 0 bridgehead atoms. The van der Waals surface area contributed by atoms with Crippen LogP contribution in [0, 0.1) is 0 Å². The number of halogens is 4. The smallest absolute Gasteiger partial charge is 0.283 e. The van der Waals surface area contributed by atoms with Gasteiger partial charge in [0, 0.05) is 16.1 Å². The van der Waals surface area contributed by atoms with Crippen LogP contribution in [-0.2, 0) is 14.9 Å². The molecule has 3 rings (SSSR count). The molecule has 1 unspecified atom stereocenters. The first-order chi connectivity index (χ1) is 13.5. The SMILES string of the molecule is O=S(=O)(O)C(c1ccc(Cl)cc1)(c1ccccc1O)c1cc(Cl)c(Cl)c(Cl)c1O. The minimum absolute atomic E-state index is 0.0318. The van der Waals surface area contributed by atoms with Crippen molar-refractivity contribution in [2.24, 2.45) is 0 Å². The van der Waals surface area contributed by atoms with Crippen molar-refractivity contribution < 1.29 is 23.2 Å². The molecule has 29 heavy (non-hydrogen) atoms. The maximum atomic E-state index is 12.9. The Morgan fingerprint density at radius 3 is 1.93 bits per heavy atom. The molecular weight excluding hydrogens is 482 g/mol. The molecule has 0 saturated carbocycles. The van der Waals surface area contributed by atoms with Crippen molar-refractivity contribution >= 4 is 56.5 Å². The summed E-state index contributed by atoms with van der Waals surface area (Å²) < 4.78 is 33.8. The zero-order chi connectivity index (χ0) is 21.6. The quantitative estimate of drug-likeness (QED) is 0.239. The molecule has 3 aromatic rings. The lowest BCUT2D eigenvalue weighted by Gasteiger charge is -2.33. The van der Waals surface area contributed by atoms with Crippen LogP contribution in [0.5, 0.6) is 11.5 Å². The fourth-order valence-corrected chi connectivity index (χ4v) is 5.24. The molecular formula is C19H12Cl4O5S. The van der Waals surface area contributed by atoms with E-state index < -0.39 is 37.0 Å². The van der Waals surface area contributed by atoms with Gasteiger partial charge in [0.15, 0.2) is 4.75 Å². The molecule has 1 atom stereocenters. The first kappa shape index (κ1) is 22.0. The van der Waals surface area contributed by atoms with Crippen LogP contribution in [0.1, 0.15) is 16.7 Å². The summed E-state index contributed by atoms with van der Waals surface area (Å²) in [6.45, 7) is 0. The number of hydrogen-bond acceptors (Lipinski definition) is 4. The highest BCUT2D eigenvalue weighted by Gasteiger charge is 2.52. The topological polar surface area (TPSA) is 94.8 Å². The Morgan fingerprint density at radius 1 is 0.793 bits per heavy atom. The summed E-state index contributed by atoms with van der Waals surface area (Å²) in [5.41, 5.74) is -0.673. The molecule has 3 aromatic carbocycles. The van der Waals surface area contributed by atoms with E-state index in [9.17, 15) is 23.2 Å². The predicted octanol–water partition coefficient (Wildman–Crippen LogP) is 5.89. The summed E-state index contributed by atoms with van der Waals surface area (Å²) in [6.07, 6.45) is 0. The number of para-hydroxylation sites is 1. The van der Waals surface area contributed by atoms with Gasteiger partial charge in [0.2, 0.25) is 0 Å². The van der Waals surface area contributed by atoms with E-state index in [4.69, 9.17) is 46.4 Å². The fourth-order valence-electron chi connectivity index (χ4n) is 3.19. The van der Waals surface area contributed by atoms with Crippen LogP contribution in [0.15, 0.2) is 54.6 Å². The van der Waals surface area contributed by atoms with Crippen LogP contribution >= 0.6 is 46.4 Å². The molecule has 0 saturated heterocycles. The Kier molecular flexibility index (Phi) is 5.98. The standard InChI is InChI=1S/C19H12Cl4O5S/c20-11-7-5-10(6-8-11)19(29(26,27)28,12-3-1-2-4-15(12)24)13-9-14(21)16(22)17(23)18(13)25/h1-9,24-25H,(H,26,27,28). The van der Waals surface area contributed by atoms with Crippen molar-refractivity contribution in [3.05, 3.63) is 91.4 Å². The molecule has 0 aliphatic heterocycles. The van der Waals surface area contributed by atoms with E-state index in [0.29, 0.717) is 5.02 Å². The maximum Gasteiger partial charge on any atom is 0.283 e. The zero-order valence-corrected chi connectivity index (χ0v) is 18.1. The molecule has 0 aliphatic carbocycles. The number of phenolic OH excluding ortho intramolecular Hbond substituents is 2. The molecule has 152 valence electrons. The van der Waals surface area contributed by atoms with Crippen molar-refractivity contribution in [1.29, 1.82) is 0 Å². The predicted molar refractivity (Wildman–Crippen MR) is 114 cm³/mol. The molecule has 0 heterocycles. The van der Waals surface area contributed by atoms with Crippen molar-refractivity contribution in [3.63, 3.8) is 0 Å². The second kappa shape index (κ2) is 7.87. The molecule has 0 fully saturated rings. The lowest BCUT2D eigenvalue weighted by Crippen LogP contribution is -2.38. The van der Waals surface area contributed by atoms with Gasteiger partial charge in [0.25, 0.3) is 10.1 Å². The van der Waals surface area contributed by atoms with Crippen molar-refractivity contribution in [3.8, 4) is 11.5 Å². The Labute approximate surface area is 186 Å². The van der Waals surface area contributed by atoms with E-state index in [1.165, 1.54) is 48.5 Å². The molecule has 0 spiro atoms. The summed E-state index contributed by atoms with van der Waals surface area (Å²) >= 11 is 24.0. The average Bonchev–Trinajstić information content (AvgIpc) is 2.66. The van der Waals surface area contributed by atoms with Gasteiger partial charge in [-0.2, -0.15) is 8.42 Å². The first-order valence-electron chi connectivity index (χ1n) is 7.90. The number of hydrogen-bond donors (Lipinski definition) is 3. The Balaban J connectivity index is 2.62. The zero-order valence-electron chi connectivity index (χ0n) is 14.3. The molecule has 0 amide bonds. The van der Waals surface area contributed by atoms with E-state index in [1.807, 2.05) is 0 Å². The number of phenols is 2. The van der Waals surface area contributed by atoms with Gasteiger partial charge in [-0.1, -0.05) is 76.7 Å². The van der Waals surface area contributed by atoms with Crippen LogP contribution in [0.3, 0.4) is 0 Å². The minimum Gasteiger partial charge on any atom is -0.508 e. The third kappa shape index (κ3) is 3.54. The van der Waals surface area contributed by atoms with Gasteiger partial charge in [-0.3, -0.25) is 4.55 Å². The van der Waals surface area contributed by atoms with E-state index in [0.717, 1.165) is 6.07 Å². The minimum atomic E-state index is -5.11. The van der Waals surface area contributed by atoms with Crippen LogP contribution in [0.2, 0.25) is 20.1 Å². The van der Waals surface area contributed by atoms with E-state index >= 15 is 0 Å². The third-order valence-electron chi connectivity index (χ3n) is 4.44. The van der Waals surface area contributed by atoms with E-state index in [1.54, 1.807) is 0 Å². The lowest BCUT2D eigenvalue weighted by atomic mass is 9.83. The third-order valence-corrected chi connectivity index (χ3v) is 7.39. The van der Waals surface area contributed by atoms with Crippen LogP contribution < -0.4 is 0 Å². The van der Waals surface area contributed by atoms with E-state index in [-0.39, 0.29) is 21.2 Å². The molecule has 0 radical (unpaired) electrons. The summed E-state index contributed by atoms with van der Waals surface area (Å²) in [4.78, 5) is 0. The molecule has 0 aliphatic rings. The lowest BCUT2D eigenvalue weighted by molar-refractivity contribution is 0.428. The Bertz CT molecular complexity index is 1200. The number of benzene rings is 3. The normalized spacial score (nSPS) is 13.8. The molecule has 0 aromatic heterocycles. The largest absolute Gasteiger partial charge is 0.508 e. The van der Waals surface area contributed by atoms with Crippen molar-refractivity contribution in [2.75, 3.05) is 0 Å².